The highest BCUT2D eigenvalue weighted by Gasteiger charge is 2.05. The molecular weight excluding hydrogens is 250 g/mol. The third kappa shape index (κ3) is 2.83. The Hall–Kier alpha value is -2.69. The number of hydrogen-bond donors (Lipinski definition) is 2. The smallest absolute Gasteiger partial charge is 0.181 e. The van der Waals surface area contributed by atoms with Gasteiger partial charge in [0.1, 0.15) is 5.82 Å². The quantitative estimate of drug-likeness (QED) is 0.761. The molecule has 0 saturated heterocycles. The fourth-order valence-corrected chi connectivity index (χ4v) is 1.86. The summed E-state index contributed by atoms with van der Waals surface area (Å²) in [5, 5.41) is 10.5. The lowest BCUT2D eigenvalue weighted by molar-refractivity contribution is 0.955. The van der Waals surface area contributed by atoms with E-state index in [1.165, 1.54) is 5.56 Å². The Labute approximate surface area is 117 Å². The highest BCUT2D eigenvalue weighted by Crippen LogP contribution is 2.13. The van der Waals surface area contributed by atoms with Crippen LogP contribution in [-0.2, 0) is 6.54 Å². The minimum Gasteiger partial charge on any atom is -0.378 e. The summed E-state index contributed by atoms with van der Waals surface area (Å²) in [7, 11) is 0. The van der Waals surface area contributed by atoms with Crippen LogP contribution in [0.5, 0.6) is 0 Å². The van der Waals surface area contributed by atoms with E-state index in [0.717, 1.165) is 17.1 Å². The number of benzene rings is 1. The van der Waals surface area contributed by atoms with Gasteiger partial charge in [0.05, 0.1) is 6.54 Å². The predicted octanol–water partition coefficient (Wildman–Crippen LogP) is 2.79. The summed E-state index contributed by atoms with van der Waals surface area (Å²) in [6, 6.07) is 12.0. The average molecular weight is 265 g/mol. The van der Waals surface area contributed by atoms with Gasteiger partial charge in [0.2, 0.25) is 0 Å². The Balaban J connectivity index is 1.67. The molecule has 2 heterocycles. The zero-order chi connectivity index (χ0) is 13.8. The van der Waals surface area contributed by atoms with Crippen LogP contribution in [0.2, 0.25) is 0 Å². The Morgan fingerprint density at radius 3 is 2.55 bits per heavy atom. The number of nitrogens with zero attached hydrogens (tertiary/aromatic N) is 3. The highest BCUT2D eigenvalue weighted by atomic mass is 15.2. The molecule has 0 amide bonds. The maximum absolute atomic E-state index is 4.46. The summed E-state index contributed by atoms with van der Waals surface area (Å²) in [5.41, 5.74) is 3.27. The molecule has 0 bridgehead atoms. The van der Waals surface area contributed by atoms with E-state index in [-0.39, 0.29) is 0 Å². The molecule has 0 unspecified atom stereocenters. The fraction of sp³-hybridized carbons (Fsp3) is 0.133. The van der Waals surface area contributed by atoms with Crippen molar-refractivity contribution in [3.05, 3.63) is 60.2 Å². The number of hydrogen-bond acceptors (Lipinski definition) is 4. The van der Waals surface area contributed by atoms with Crippen molar-refractivity contribution in [2.75, 3.05) is 5.32 Å². The van der Waals surface area contributed by atoms with E-state index in [4.69, 9.17) is 0 Å². The van der Waals surface area contributed by atoms with Crippen molar-refractivity contribution in [1.82, 2.24) is 20.2 Å². The van der Waals surface area contributed by atoms with Gasteiger partial charge in [-0.05, 0) is 31.2 Å². The number of nitrogens with one attached hydrogen (secondary N) is 2. The molecule has 0 atom stereocenters. The maximum atomic E-state index is 4.46. The third-order valence-electron chi connectivity index (χ3n) is 2.98. The van der Waals surface area contributed by atoms with Crippen LogP contribution in [0.3, 0.4) is 0 Å². The van der Waals surface area contributed by atoms with Crippen molar-refractivity contribution in [3.8, 4) is 11.4 Å². The number of rotatable bonds is 4. The van der Waals surface area contributed by atoms with Crippen molar-refractivity contribution >= 4 is 5.69 Å². The van der Waals surface area contributed by atoms with Gasteiger partial charge in [-0.25, -0.2) is 4.98 Å². The van der Waals surface area contributed by atoms with Gasteiger partial charge in [0.15, 0.2) is 5.82 Å². The summed E-state index contributed by atoms with van der Waals surface area (Å²) in [6.45, 7) is 2.68. The van der Waals surface area contributed by atoms with Crippen molar-refractivity contribution in [1.29, 1.82) is 0 Å². The molecule has 5 nitrogen and oxygen atoms in total. The molecule has 2 aromatic heterocycles. The number of aryl methyl sites for hydroxylation is 1. The van der Waals surface area contributed by atoms with Crippen LogP contribution >= 0.6 is 0 Å². The highest BCUT2D eigenvalue weighted by molar-refractivity contribution is 5.53. The first-order chi connectivity index (χ1) is 9.81. The number of aromatic amines is 1. The molecule has 1 aromatic carbocycles. The van der Waals surface area contributed by atoms with Gasteiger partial charge in [-0.15, -0.1) is 0 Å². The van der Waals surface area contributed by atoms with E-state index in [0.29, 0.717) is 12.4 Å². The zero-order valence-electron chi connectivity index (χ0n) is 11.2. The minimum absolute atomic E-state index is 0.612. The Morgan fingerprint density at radius 2 is 1.80 bits per heavy atom. The van der Waals surface area contributed by atoms with Crippen LogP contribution in [0.1, 0.15) is 11.4 Å². The van der Waals surface area contributed by atoms with E-state index in [1.54, 1.807) is 12.4 Å². The van der Waals surface area contributed by atoms with Crippen molar-refractivity contribution in [2.24, 2.45) is 0 Å². The first-order valence-corrected chi connectivity index (χ1v) is 6.43. The van der Waals surface area contributed by atoms with E-state index >= 15 is 0 Å². The lowest BCUT2D eigenvalue weighted by atomic mass is 10.2. The van der Waals surface area contributed by atoms with Crippen LogP contribution in [0.4, 0.5) is 5.69 Å². The third-order valence-corrected chi connectivity index (χ3v) is 2.98. The van der Waals surface area contributed by atoms with Crippen molar-refractivity contribution < 1.29 is 0 Å². The summed E-state index contributed by atoms with van der Waals surface area (Å²) < 4.78 is 0. The van der Waals surface area contributed by atoms with Crippen LogP contribution in [-0.4, -0.2) is 20.2 Å². The van der Waals surface area contributed by atoms with Gasteiger partial charge in [0.25, 0.3) is 0 Å². The van der Waals surface area contributed by atoms with Gasteiger partial charge in [-0.1, -0.05) is 17.7 Å². The largest absolute Gasteiger partial charge is 0.378 e. The number of aromatic nitrogens is 4. The molecule has 0 fully saturated rings. The SMILES string of the molecule is Cc1ccc(NCc2nc(-c3ccncc3)n[nH]2)cc1. The van der Waals surface area contributed by atoms with Crippen LogP contribution in [0.15, 0.2) is 48.8 Å². The Bertz CT molecular complexity index is 673. The van der Waals surface area contributed by atoms with Crippen LogP contribution in [0.25, 0.3) is 11.4 Å². The Kier molecular flexibility index (Phi) is 3.41. The van der Waals surface area contributed by atoms with Crippen molar-refractivity contribution in [3.63, 3.8) is 0 Å². The van der Waals surface area contributed by atoms with E-state index in [9.17, 15) is 0 Å². The normalized spacial score (nSPS) is 10.4. The molecule has 0 spiro atoms. The molecule has 0 aliphatic carbocycles. The monoisotopic (exact) mass is 265 g/mol. The summed E-state index contributed by atoms with van der Waals surface area (Å²) >= 11 is 0. The molecule has 5 heteroatoms. The average Bonchev–Trinajstić information content (AvgIpc) is 2.97. The molecular formula is C15H15N5. The van der Waals surface area contributed by atoms with Gasteiger partial charge < -0.3 is 5.32 Å². The molecule has 0 aliphatic heterocycles. The molecule has 20 heavy (non-hydrogen) atoms. The molecule has 0 aliphatic rings. The first kappa shape index (κ1) is 12.3. The number of pyridine rings is 1. The fourth-order valence-electron chi connectivity index (χ4n) is 1.86. The summed E-state index contributed by atoms with van der Waals surface area (Å²) in [4.78, 5) is 8.44. The maximum Gasteiger partial charge on any atom is 0.181 e. The predicted molar refractivity (Wildman–Crippen MR) is 78.1 cm³/mol. The molecule has 2 N–H and O–H groups in total. The molecule has 100 valence electrons. The number of anilines is 1. The van der Waals surface area contributed by atoms with Gasteiger partial charge >= 0.3 is 0 Å². The lowest BCUT2D eigenvalue weighted by Crippen LogP contribution is -2.01. The zero-order valence-corrected chi connectivity index (χ0v) is 11.2. The standard InChI is InChI=1S/C15H15N5/c1-11-2-4-13(5-3-11)17-10-14-18-15(20-19-14)12-6-8-16-9-7-12/h2-9,17H,10H2,1H3,(H,18,19,20). The molecule has 3 aromatic rings. The van der Waals surface area contributed by atoms with Crippen LogP contribution in [0, 0.1) is 6.92 Å². The topological polar surface area (TPSA) is 66.5 Å². The second-order valence-corrected chi connectivity index (χ2v) is 4.56. The molecule has 0 radical (unpaired) electrons. The molecule has 0 saturated carbocycles. The van der Waals surface area contributed by atoms with Gasteiger partial charge in [-0.2, -0.15) is 5.10 Å². The Morgan fingerprint density at radius 1 is 1.05 bits per heavy atom. The minimum atomic E-state index is 0.612. The van der Waals surface area contributed by atoms with Crippen LogP contribution < -0.4 is 5.32 Å². The summed E-state index contributed by atoms with van der Waals surface area (Å²) in [6.07, 6.45) is 3.46. The van der Waals surface area contributed by atoms with Gasteiger partial charge in [0, 0.05) is 23.6 Å². The first-order valence-electron chi connectivity index (χ1n) is 6.43. The van der Waals surface area contributed by atoms with E-state index < -0.39 is 0 Å². The van der Waals surface area contributed by atoms with Gasteiger partial charge in [-0.3, -0.25) is 10.1 Å². The summed E-state index contributed by atoms with van der Waals surface area (Å²) in [5.74, 6) is 1.49. The second-order valence-electron chi connectivity index (χ2n) is 4.56. The molecule has 3 rings (SSSR count). The van der Waals surface area contributed by atoms with E-state index in [1.807, 2.05) is 12.1 Å². The second kappa shape index (κ2) is 5.52. The lowest BCUT2D eigenvalue weighted by Gasteiger charge is -2.03. The van der Waals surface area contributed by atoms with E-state index in [2.05, 4.69) is 56.7 Å². The number of H-pyrrole nitrogens is 1. The van der Waals surface area contributed by atoms with Crippen molar-refractivity contribution in [2.45, 2.75) is 13.5 Å².